The minimum absolute atomic E-state index is 0.364. The van der Waals surface area contributed by atoms with Crippen molar-refractivity contribution in [3.05, 3.63) is 33.8 Å². The summed E-state index contributed by atoms with van der Waals surface area (Å²) in [5.41, 5.74) is 0.701. The van der Waals surface area contributed by atoms with Crippen LogP contribution in [0.25, 0.3) is 0 Å². The second-order valence-corrected chi connectivity index (χ2v) is 4.51. The maximum atomic E-state index is 9.80. The average Bonchev–Trinajstić information content (AvgIpc) is 2.21. The van der Waals surface area contributed by atoms with E-state index in [1.165, 1.54) is 0 Å². The molecule has 0 saturated heterocycles. The van der Waals surface area contributed by atoms with Crippen LogP contribution in [0.1, 0.15) is 18.6 Å². The van der Waals surface area contributed by atoms with Gasteiger partial charge in [-0.3, -0.25) is 0 Å². The summed E-state index contributed by atoms with van der Waals surface area (Å²) < 4.78 is 0. The predicted molar refractivity (Wildman–Crippen MR) is 66.0 cm³/mol. The molecule has 90 valence electrons. The highest BCUT2D eigenvalue weighted by atomic mass is 35.5. The van der Waals surface area contributed by atoms with Gasteiger partial charge in [-0.05, 0) is 24.6 Å². The molecule has 0 amide bonds. The standard InChI is InChI=1S/C11H15Cl2NO2/c1-7(15)5-14-6-11(16)8-2-3-9(12)10(13)4-8/h2-4,7,11,14-16H,5-6H2,1H3/t7-,11-/m0/s1. The van der Waals surface area contributed by atoms with E-state index in [4.69, 9.17) is 28.3 Å². The molecule has 16 heavy (non-hydrogen) atoms. The molecule has 1 rings (SSSR count). The van der Waals surface area contributed by atoms with Crippen LogP contribution in [0.3, 0.4) is 0 Å². The van der Waals surface area contributed by atoms with Crippen LogP contribution >= 0.6 is 23.2 Å². The number of halogens is 2. The summed E-state index contributed by atoms with van der Waals surface area (Å²) >= 11 is 11.6. The van der Waals surface area contributed by atoms with E-state index >= 15 is 0 Å². The summed E-state index contributed by atoms with van der Waals surface area (Å²) in [6.45, 7) is 2.49. The van der Waals surface area contributed by atoms with Crippen molar-refractivity contribution in [2.75, 3.05) is 13.1 Å². The Morgan fingerprint density at radius 2 is 1.88 bits per heavy atom. The molecule has 1 aromatic rings. The van der Waals surface area contributed by atoms with Crippen LogP contribution in [-0.4, -0.2) is 29.4 Å². The zero-order chi connectivity index (χ0) is 12.1. The first-order valence-corrected chi connectivity index (χ1v) is 5.78. The van der Waals surface area contributed by atoms with Gasteiger partial charge in [0.15, 0.2) is 0 Å². The third kappa shape index (κ3) is 4.28. The van der Waals surface area contributed by atoms with Crippen LogP contribution in [0, 0.1) is 0 Å². The molecule has 3 N–H and O–H groups in total. The maximum Gasteiger partial charge on any atom is 0.0914 e. The van der Waals surface area contributed by atoms with Crippen LogP contribution in [0.4, 0.5) is 0 Å². The molecule has 0 unspecified atom stereocenters. The molecule has 0 saturated carbocycles. The largest absolute Gasteiger partial charge is 0.392 e. The molecule has 0 aliphatic rings. The fourth-order valence-electron chi connectivity index (χ4n) is 1.27. The van der Waals surface area contributed by atoms with Gasteiger partial charge in [-0.25, -0.2) is 0 Å². The Hall–Kier alpha value is -0.320. The zero-order valence-electron chi connectivity index (χ0n) is 8.95. The van der Waals surface area contributed by atoms with Gasteiger partial charge in [-0.1, -0.05) is 29.3 Å². The normalized spacial score (nSPS) is 14.8. The molecular weight excluding hydrogens is 249 g/mol. The van der Waals surface area contributed by atoms with E-state index in [-0.39, 0.29) is 0 Å². The molecule has 0 radical (unpaired) electrons. The average molecular weight is 264 g/mol. The first-order valence-electron chi connectivity index (χ1n) is 5.02. The van der Waals surface area contributed by atoms with Crippen molar-refractivity contribution in [3.63, 3.8) is 0 Å². The van der Waals surface area contributed by atoms with E-state index in [0.29, 0.717) is 28.7 Å². The Labute approximate surface area is 105 Å². The molecule has 0 bridgehead atoms. The van der Waals surface area contributed by atoms with E-state index in [0.717, 1.165) is 0 Å². The van der Waals surface area contributed by atoms with Gasteiger partial charge in [0.2, 0.25) is 0 Å². The van der Waals surface area contributed by atoms with E-state index in [1.54, 1.807) is 25.1 Å². The maximum absolute atomic E-state index is 9.80. The molecule has 0 fully saturated rings. The van der Waals surface area contributed by atoms with Crippen LogP contribution in [0.15, 0.2) is 18.2 Å². The second-order valence-electron chi connectivity index (χ2n) is 3.70. The highest BCUT2D eigenvalue weighted by molar-refractivity contribution is 6.42. The number of benzene rings is 1. The Morgan fingerprint density at radius 1 is 1.19 bits per heavy atom. The summed E-state index contributed by atoms with van der Waals surface area (Å²) in [7, 11) is 0. The van der Waals surface area contributed by atoms with Crippen molar-refractivity contribution in [3.8, 4) is 0 Å². The van der Waals surface area contributed by atoms with E-state index in [9.17, 15) is 5.11 Å². The number of hydrogen-bond acceptors (Lipinski definition) is 3. The Morgan fingerprint density at radius 3 is 2.44 bits per heavy atom. The SMILES string of the molecule is C[C@H](O)CNC[C@H](O)c1ccc(Cl)c(Cl)c1. The molecule has 0 heterocycles. The lowest BCUT2D eigenvalue weighted by molar-refractivity contribution is 0.155. The molecule has 0 aromatic heterocycles. The van der Waals surface area contributed by atoms with Crippen molar-refractivity contribution in [1.29, 1.82) is 0 Å². The van der Waals surface area contributed by atoms with Gasteiger partial charge in [0.05, 0.1) is 22.3 Å². The van der Waals surface area contributed by atoms with Gasteiger partial charge in [0.1, 0.15) is 0 Å². The Balaban J connectivity index is 2.52. The van der Waals surface area contributed by atoms with Crippen molar-refractivity contribution >= 4 is 23.2 Å². The minimum atomic E-state index is -0.659. The van der Waals surface area contributed by atoms with Gasteiger partial charge < -0.3 is 15.5 Å². The lowest BCUT2D eigenvalue weighted by Crippen LogP contribution is -2.28. The Kier molecular flexibility index (Phi) is 5.52. The fourth-order valence-corrected chi connectivity index (χ4v) is 1.57. The number of rotatable bonds is 5. The van der Waals surface area contributed by atoms with Crippen LogP contribution < -0.4 is 5.32 Å². The van der Waals surface area contributed by atoms with Gasteiger partial charge >= 0.3 is 0 Å². The lowest BCUT2D eigenvalue weighted by Gasteiger charge is -2.13. The Bertz CT molecular complexity index is 345. The number of aliphatic hydroxyl groups is 2. The van der Waals surface area contributed by atoms with Gasteiger partial charge in [-0.2, -0.15) is 0 Å². The van der Waals surface area contributed by atoms with E-state index < -0.39 is 12.2 Å². The molecule has 0 aliphatic carbocycles. The van der Waals surface area contributed by atoms with Gasteiger partial charge in [0, 0.05) is 13.1 Å². The summed E-state index contributed by atoms with van der Waals surface area (Å²) in [4.78, 5) is 0. The van der Waals surface area contributed by atoms with Crippen LogP contribution in [0.2, 0.25) is 10.0 Å². The third-order valence-electron chi connectivity index (χ3n) is 2.11. The smallest absolute Gasteiger partial charge is 0.0914 e. The van der Waals surface area contributed by atoms with Crippen LogP contribution in [0.5, 0.6) is 0 Å². The second kappa shape index (κ2) is 6.42. The quantitative estimate of drug-likeness (QED) is 0.762. The highest BCUT2D eigenvalue weighted by Crippen LogP contribution is 2.25. The first-order chi connectivity index (χ1) is 7.50. The topological polar surface area (TPSA) is 52.5 Å². The fraction of sp³-hybridized carbons (Fsp3) is 0.455. The zero-order valence-corrected chi connectivity index (χ0v) is 10.5. The lowest BCUT2D eigenvalue weighted by atomic mass is 10.1. The van der Waals surface area contributed by atoms with Gasteiger partial charge in [0.25, 0.3) is 0 Å². The van der Waals surface area contributed by atoms with Gasteiger partial charge in [-0.15, -0.1) is 0 Å². The monoisotopic (exact) mass is 263 g/mol. The van der Waals surface area contributed by atoms with E-state index in [2.05, 4.69) is 5.32 Å². The van der Waals surface area contributed by atoms with Crippen LogP contribution in [-0.2, 0) is 0 Å². The van der Waals surface area contributed by atoms with Crippen molar-refractivity contribution in [2.45, 2.75) is 19.1 Å². The minimum Gasteiger partial charge on any atom is -0.392 e. The number of nitrogens with one attached hydrogen (secondary N) is 1. The van der Waals surface area contributed by atoms with Crippen molar-refractivity contribution in [2.24, 2.45) is 0 Å². The molecular formula is C11H15Cl2NO2. The summed E-state index contributed by atoms with van der Waals surface area (Å²) in [6.07, 6.45) is -1.09. The highest BCUT2D eigenvalue weighted by Gasteiger charge is 2.09. The molecule has 3 nitrogen and oxygen atoms in total. The summed E-state index contributed by atoms with van der Waals surface area (Å²) in [5.74, 6) is 0. The van der Waals surface area contributed by atoms with Crippen molar-refractivity contribution < 1.29 is 10.2 Å². The summed E-state index contributed by atoms with van der Waals surface area (Å²) in [6, 6.07) is 5.01. The molecule has 1 aromatic carbocycles. The molecule has 0 aliphatic heterocycles. The molecule has 5 heteroatoms. The summed E-state index contributed by atoms with van der Waals surface area (Å²) in [5, 5.41) is 22.7. The predicted octanol–water partition coefficient (Wildman–Crippen LogP) is 2.00. The van der Waals surface area contributed by atoms with E-state index in [1.807, 2.05) is 0 Å². The molecule has 0 spiro atoms. The molecule has 2 atom stereocenters. The van der Waals surface area contributed by atoms with Crippen molar-refractivity contribution in [1.82, 2.24) is 5.32 Å². The number of hydrogen-bond donors (Lipinski definition) is 3. The number of aliphatic hydroxyl groups excluding tert-OH is 2. The third-order valence-corrected chi connectivity index (χ3v) is 2.84. The first kappa shape index (κ1) is 13.7.